The van der Waals surface area contributed by atoms with Crippen LogP contribution in [0.4, 0.5) is 0 Å². The van der Waals surface area contributed by atoms with Crippen LogP contribution in [-0.2, 0) is 17.6 Å². The van der Waals surface area contributed by atoms with Crippen molar-refractivity contribution in [1.82, 2.24) is 19.7 Å². The Morgan fingerprint density at radius 3 is 2.79 bits per heavy atom. The third-order valence-electron chi connectivity index (χ3n) is 4.71. The van der Waals surface area contributed by atoms with Crippen molar-refractivity contribution in [2.75, 3.05) is 6.54 Å². The molecule has 0 atom stereocenters. The first-order valence-electron chi connectivity index (χ1n) is 9.31. The maximum Gasteiger partial charge on any atom is 0.226 e. The molecule has 0 fully saturated rings. The van der Waals surface area contributed by atoms with Gasteiger partial charge in [0.1, 0.15) is 11.6 Å². The second-order valence-electron chi connectivity index (χ2n) is 6.83. The number of aromatic nitrogens is 3. The smallest absolute Gasteiger partial charge is 0.226 e. The highest BCUT2D eigenvalue weighted by molar-refractivity contribution is 5.78. The van der Waals surface area contributed by atoms with E-state index >= 15 is 0 Å². The maximum atomic E-state index is 12.3. The number of pyridine rings is 1. The molecule has 0 saturated heterocycles. The van der Waals surface area contributed by atoms with E-state index in [1.54, 1.807) is 0 Å². The molecule has 0 aliphatic carbocycles. The lowest BCUT2D eigenvalue weighted by Crippen LogP contribution is -2.28. The van der Waals surface area contributed by atoms with E-state index in [1.807, 2.05) is 73.1 Å². The van der Waals surface area contributed by atoms with E-state index in [4.69, 9.17) is 4.42 Å². The number of aryl methyl sites for hydroxylation is 2. The zero-order chi connectivity index (χ0) is 19.5. The number of nitrogens with one attached hydrogen (secondary N) is 1. The van der Waals surface area contributed by atoms with Crippen molar-refractivity contribution in [3.8, 4) is 11.5 Å². The lowest BCUT2D eigenvalue weighted by Gasteiger charge is -2.04. The summed E-state index contributed by atoms with van der Waals surface area (Å²) in [6.45, 7) is 4.39. The van der Waals surface area contributed by atoms with Crippen molar-refractivity contribution in [2.45, 2.75) is 26.7 Å². The number of hydrogen-bond donors (Lipinski definition) is 1. The van der Waals surface area contributed by atoms with Crippen molar-refractivity contribution in [3.05, 3.63) is 77.7 Å². The van der Waals surface area contributed by atoms with Crippen LogP contribution < -0.4 is 5.32 Å². The summed E-state index contributed by atoms with van der Waals surface area (Å²) in [6.07, 6.45) is 4.67. The molecular weight excluding hydrogens is 352 g/mol. The Morgan fingerprint density at radius 1 is 1.14 bits per heavy atom. The lowest BCUT2D eigenvalue weighted by atomic mass is 10.1. The van der Waals surface area contributed by atoms with E-state index in [2.05, 4.69) is 15.3 Å². The van der Waals surface area contributed by atoms with Crippen LogP contribution in [-0.4, -0.2) is 26.8 Å². The summed E-state index contributed by atoms with van der Waals surface area (Å²) in [7, 11) is 0. The third kappa shape index (κ3) is 3.81. The molecule has 1 amide bonds. The van der Waals surface area contributed by atoms with Crippen LogP contribution in [0.2, 0.25) is 0 Å². The minimum atomic E-state index is -0.0762. The first-order chi connectivity index (χ1) is 13.6. The Morgan fingerprint density at radius 2 is 1.96 bits per heavy atom. The number of amides is 1. The number of carbonyl (C=O) groups is 1. The predicted molar refractivity (Wildman–Crippen MR) is 107 cm³/mol. The van der Waals surface area contributed by atoms with E-state index in [-0.39, 0.29) is 12.3 Å². The molecule has 1 aromatic carbocycles. The van der Waals surface area contributed by atoms with Crippen LogP contribution in [0.3, 0.4) is 0 Å². The summed E-state index contributed by atoms with van der Waals surface area (Å²) in [6, 6.07) is 13.9. The quantitative estimate of drug-likeness (QED) is 0.561. The Balaban J connectivity index is 1.35. The van der Waals surface area contributed by atoms with Gasteiger partial charge < -0.3 is 14.1 Å². The first kappa shape index (κ1) is 18.0. The SMILES string of the molecule is Cc1ccc(-c2nc(CC(=O)NCCc3ncc4ccccn34)c(C)o2)cc1. The second kappa shape index (κ2) is 7.68. The predicted octanol–water partition coefficient (Wildman–Crippen LogP) is 3.51. The highest BCUT2D eigenvalue weighted by Gasteiger charge is 2.14. The summed E-state index contributed by atoms with van der Waals surface area (Å²) in [4.78, 5) is 21.2. The molecule has 3 heterocycles. The van der Waals surface area contributed by atoms with E-state index < -0.39 is 0 Å². The highest BCUT2D eigenvalue weighted by Crippen LogP contribution is 2.22. The molecule has 0 saturated carbocycles. The highest BCUT2D eigenvalue weighted by atomic mass is 16.4. The molecule has 3 aromatic heterocycles. The fourth-order valence-electron chi connectivity index (χ4n) is 3.12. The number of oxazole rings is 1. The van der Waals surface area contributed by atoms with Gasteiger partial charge >= 0.3 is 0 Å². The first-order valence-corrected chi connectivity index (χ1v) is 9.31. The molecule has 6 heteroatoms. The Bertz CT molecular complexity index is 1110. The molecule has 0 spiro atoms. The average Bonchev–Trinajstić information content (AvgIpc) is 3.26. The Hall–Kier alpha value is -3.41. The van der Waals surface area contributed by atoms with E-state index in [1.165, 1.54) is 5.56 Å². The number of nitrogens with zero attached hydrogens (tertiary/aromatic N) is 3. The molecule has 142 valence electrons. The number of carbonyl (C=O) groups excluding carboxylic acids is 1. The Labute approximate surface area is 163 Å². The van der Waals surface area contributed by atoms with Crippen LogP contribution in [0, 0.1) is 13.8 Å². The minimum absolute atomic E-state index is 0.0762. The van der Waals surface area contributed by atoms with E-state index in [0.29, 0.717) is 30.3 Å². The Kier molecular flexibility index (Phi) is 4.93. The summed E-state index contributed by atoms with van der Waals surface area (Å²) in [5.41, 5.74) is 3.80. The van der Waals surface area contributed by atoms with Crippen LogP contribution in [0.1, 0.15) is 22.8 Å². The molecule has 6 nitrogen and oxygen atoms in total. The van der Waals surface area contributed by atoms with E-state index in [9.17, 15) is 4.79 Å². The molecule has 28 heavy (non-hydrogen) atoms. The topological polar surface area (TPSA) is 72.4 Å². The number of fused-ring (bicyclic) bond motifs is 1. The normalized spacial score (nSPS) is 11.1. The van der Waals surface area contributed by atoms with Gasteiger partial charge in [0.2, 0.25) is 11.8 Å². The molecule has 4 aromatic rings. The minimum Gasteiger partial charge on any atom is -0.441 e. The molecule has 0 unspecified atom stereocenters. The molecule has 0 bridgehead atoms. The van der Waals surface area contributed by atoms with Crippen LogP contribution in [0.15, 0.2) is 59.3 Å². The van der Waals surface area contributed by atoms with Gasteiger partial charge in [0.15, 0.2) is 0 Å². The van der Waals surface area contributed by atoms with Gasteiger partial charge in [0.25, 0.3) is 0 Å². The number of benzene rings is 1. The summed E-state index contributed by atoms with van der Waals surface area (Å²) in [5, 5.41) is 2.94. The van der Waals surface area contributed by atoms with Crippen LogP contribution >= 0.6 is 0 Å². The standard InChI is InChI=1S/C22H22N4O2/c1-15-6-8-17(9-7-15)22-25-19(16(2)28-22)13-21(27)23-11-10-20-24-14-18-5-3-4-12-26(18)20/h3-9,12,14H,10-11,13H2,1-2H3,(H,23,27). The molecule has 4 rings (SSSR count). The number of rotatable bonds is 6. The zero-order valence-electron chi connectivity index (χ0n) is 16.0. The fourth-order valence-corrected chi connectivity index (χ4v) is 3.12. The summed E-state index contributed by atoms with van der Waals surface area (Å²) >= 11 is 0. The van der Waals surface area contributed by atoms with Gasteiger partial charge in [-0.25, -0.2) is 9.97 Å². The zero-order valence-corrected chi connectivity index (χ0v) is 16.0. The van der Waals surface area contributed by atoms with Gasteiger partial charge in [0.05, 0.1) is 23.8 Å². The van der Waals surface area contributed by atoms with E-state index in [0.717, 1.165) is 16.9 Å². The van der Waals surface area contributed by atoms with Crippen LogP contribution in [0.5, 0.6) is 0 Å². The van der Waals surface area contributed by atoms with Gasteiger partial charge in [-0.1, -0.05) is 23.8 Å². The van der Waals surface area contributed by atoms with Gasteiger partial charge in [-0.3, -0.25) is 4.79 Å². The van der Waals surface area contributed by atoms with Crippen molar-refractivity contribution in [2.24, 2.45) is 0 Å². The third-order valence-corrected chi connectivity index (χ3v) is 4.71. The largest absolute Gasteiger partial charge is 0.441 e. The van der Waals surface area contributed by atoms with Crippen LogP contribution in [0.25, 0.3) is 17.0 Å². The molecule has 0 radical (unpaired) electrons. The molecule has 1 N–H and O–H groups in total. The van der Waals surface area contributed by atoms with Gasteiger partial charge in [-0.15, -0.1) is 0 Å². The van der Waals surface area contributed by atoms with Gasteiger partial charge in [-0.2, -0.15) is 0 Å². The summed E-state index contributed by atoms with van der Waals surface area (Å²) < 4.78 is 7.78. The van der Waals surface area contributed by atoms with Gasteiger partial charge in [-0.05, 0) is 38.1 Å². The van der Waals surface area contributed by atoms with Crippen molar-refractivity contribution < 1.29 is 9.21 Å². The molecular formula is C22H22N4O2. The van der Waals surface area contributed by atoms with Gasteiger partial charge in [0, 0.05) is 24.7 Å². The number of hydrogen-bond acceptors (Lipinski definition) is 4. The van der Waals surface area contributed by atoms with Crippen molar-refractivity contribution in [1.29, 1.82) is 0 Å². The molecule has 0 aliphatic rings. The maximum absolute atomic E-state index is 12.3. The monoisotopic (exact) mass is 374 g/mol. The number of imidazole rings is 1. The van der Waals surface area contributed by atoms with Crippen molar-refractivity contribution in [3.63, 3.8) is 0 Å². The lowest BCUT2D eigenvalue weighted by molar-refractivity contribution is -0.120. The second-order valence-corrected chi connectivity index (χ2v) is 6.83. The van der Waals surface area contributed by atoms with Crippen molar-refractivity contribution >= 4 is 11.4 Å². The fraction of sp³-hybridized carbons (Fsp3) is 0.227. The summed E-state index contributed by atoms with van der Waals surface area (Å²) in [5.74, 6) is 2.07. The average molecular weight is 374 g/mol. The molecule has 0 aliphatic heterocycles.